The van der Waals surface area contributed by atoms with Gasteiger partial charge in [-0.05, 0) is 40.2 Å². The summed E-state index contributed by atoms with van der Waals surface area (Å²) in [6.45, 7) is 0. The van der Waals surface area contributed by atoms with Crippen LogP contribution in [0.25, 0.3) is 0 Å². The molecule has 0 unspecified atom stereocenters. The van der Waals surface area contributed by atoms with Crippen LogP contribution in [0.5, 0.6) is 0 Å². The molecule has 1 heterocycles. The predicted molar refractivity (Wildman–Crippen MR) is 70.7 cm³/mol. The third kappa shape index (κ3) is 3.44. The molecule has 98 valence electrons. The number of hydrogen-bond donors (Lipinski definition) is 0. The average Bonchev–Trinajstić information content (AvgIpc) is 2.40. The highest BCUT2D eigenvalue weighted by atomic mass is 79.9. The minimum absolute atomic E-state index is 0.0617. The van der Waals surface area contributed by atoms with Gasteiger partial charge in [-0.15, -0.1) is 0 Å². The number of Topliss-reactive ketones (excluding diaryl/α,β-unsaturated/α-hetero) is 1. The van der Waals surface area contributed by atoms with Crippen molar-refractivity contribution in [1.29, 1.82) is 0 Å². The van der Waals surface area contributed by atoms with Crippen LogP contribution in [0.15, 0.2) is 41.0 Å². The number of rotatable bonds is 4. The van der Waals surface area contributed by atoms with Crippen molar-refractivity contribution in [1.82, 2.24) is 4.98 Å². The van der Waals surface area contributed by atoms with Gasteiger partial charge in [-0.1, -0.05) is 6.07 Å². The fourth-order valence-corrected chi connectivity index (χ4v) is 2.07. The third-order valence-electron chi connectivity index (χ3n) is 2.62. The first kappa shape index (κ1) is 13.8. The summed E-state index contributed by atoms with van der Waals surface area (Å²) in [5.41, 5.74) is 0.374. The van der Waals surface area contributed by atoms with Gasteiger partial charge in [0.05, 0.1) is 4.47 Å². The van der Waals surface area contributed by atoms with E-state index in [1.807, 2.05) is 0 Å². The second-order valence-electron chi connectivity index (χ2n) is 4.04. The molecule has 0 amide bonds. The molecule has 0 aliphatic heterocycles. The van der Waals surface area contributed by atoms with Crippen molar-refractivity contribution in [2.24, 2.45) is 0 Å². The molecule has 2 aromatic rings. The van der Waals surface area contributed by atoms with E-state index in [2.05, 4.69) is 20.9 Å². The van der Waals surface area contributed by atoms with Crippen LogP contribution >= 0.6 is 15.9 Å². The van der Waals surface area contributed by atoms with Gasteiger partial charge in [-0.3, -0.25) is 9.78 Å². The summed E-state index contributed by atoms with van der Waals surface area (Å²) >= 11 is 2.97. The van der Waals surface area contributed by atoms with Gasteiger partial charge in [0.15, 0.2) is 0 Å². The highest BCUT2D eigenvalue weighted by Gasteiger charge is 2.16. The zero-order valence-corrected chi connectivity index (χ0v) is 11.5. The first-order valence-corrected chi connectivity index (χ1v) is 6.41. The minimum atomic E-state index is -0.727. The third-order valence-corrected chi connectivity index (χ3v) is 3.23. The summed E-state index contributed by atoms with van der Waals surface area (Å²) in [6, 6.07) is 7.61. The van der Waals surface area contributed by atoms with Gasteiger partial charge in [0.2, 0.25) is 0 Å². The lowest BCUT2D eigenvalue weighted by Crippen LogP contribution is -2.10. The lowest BCUT2D eigenvalue weighted by Gasteiger charge is -2.06. The van der Waals surface area contributed by atoms with Crippen molar-refractivity contribution in [3.05, 3.63) is 63.9 Å². The number of carbonyl (C=O) groups excluding carboxylic acids is 1. The second kappa shape index (κ2) is 6.02. The Morgan fingerprint density at radius 1 is 1.16 bits per heavy atom. The topological polar surface area (TPSA) is 30.0 Å². The van der Waals surface area contributed by atoms with Crippen LogP contribution in [0.1, 0.15) is 11.3 Å². The lowest BCUT2D eigenvalue weighted by molar-refractivity contribution is -0.117. The standard InChI is InChI=1S/C14H10BrF2NO/c15-12-4-5-13(16)11(14(12)17)8-10(19)7-9-3-1-2-6-18-9/h1-6H,7-8H2. The first-order chi connectivity index (χ1) is 9.08. The normalized spacial score (nSPS) is 10.5. The van der Waals surface area contributed by atoms with Crippen molar-refractivity contribution in [2.75, 3.05) is 0 Å². The van der Waals surface area contributed by atoms with Crippen LogP contribution in [0.4, 0.5) is 8.78 Å². The van der Waals surface area contributed by atoms with Crippen LogP contribution in [0.3, 0.4) is 0 Å². The van der Waals surface area contributed by atoms with E-state index < -0.39 is 11.6 Å². The molecule has 0 bridgehead atoms. The van der Waals surface area contributed by atoms with Gasteiger partial charge in [-0.2, -0.15) is 0 Å². The molecule has 1 aromatic heterocycles. The molecule has 0 aliphatic rings. The second-order valence-corrected chi connectivity index (χ2v) is 4.89. The van der Waals surface area contributed by atoms with Gasteiger partial charge in [0.1, 0.15) is 17.4 Å². The van der Waals surface area contributed by atoms with Gasteiger partial charge in [0, 0.05) is 30.3 Å². The van der Waals surface area contributed by atoms with Crippen molar-refractivity contribution in [3.8, 4) is 0 Å². The predicted octanol–water partition coefficient (Wildman–Crippen LogP) is 3.48. The van der Waals surface area contributed by atoms with Gasteiger partial charge in [0.25, 0.3) is 0 Å². The molecule has 0 fully saturated rings. The molecular weight excluding hydrogens is 316 g/mol. The van der Waals surface area contributed by atoms with Crippen LogP contribution in [0, 0.1) is 11.6 Å². The smallest absolute Gasteiger partial charge is 0.143 e. The molecule has 0 aliphatic carbocycles. The van der Waals surface area contributed by atoms with E-state index in [9.17, 15) is 13.6 Å². The molecule has 1 aromatic carbocycles. The fraction of sp³-hybridized carbons (Fsp3) is 0.143. The SMILES string of the molecule is O=C(Cc1ccccn1)Cc1c(F)ccc(Br)c1F. The van der Waals surface area contributed by atoms with Gasteiger partial charge >= 0.3 is 0 Å². The molecule has 0 N–H and O–H groups in total. The van der Waals surface area contributed by atoms with Crippen LogP contribution in [-0.2, 0) is 17.6 Å². The Morgan fingerprint density at radius 3 is 2.63 bits per heavy atom. The molecule has 5 heteroatoms. The quantitative estimate of drug-likeness (QED) is 0.805. The number of halogens is 3. The highest BCUT2D eigenvalue weighted by Crippen LogP contribution is 2.22. The zero-order valence-electron chi connectivity index (χ0n) is 9.87. The maximum atomic E-state index is 13.7. The average molecular weight is 326 g/mol. The Morgan fingerprint density at radius 2 is 1.95 bits per heavy atom. The number of benzene rings is 1. The lowest BCUT2D eigenvalue weighted by atomic mass is 10.0. The van der Waals surface area contributed by atoms with E-state index in [4.69, 9.17) is 0 Å². The summed E-state index contributed by atoms with van der Waals surface area (Å²) in [6.07, 6.45) is 1.35. The Hall–Kier alpha value is -1.62. The Bertz CT molecular complexity index is 602. The Labute approximate surface area is 117 Å². The Balaban J connectivity index is 2.14. The summed E-state index contributed by atoms with van der Waals surface area (Å²) in [7, 11) is 0. The van der Waals surface area contributed by atoms with Gasteiger partial charge < -0.3 is 0 Å². The van der Waals surface area contributed by atoms with Crippen molar-refractivity contribution < 1.29 is 13.6 Å². The summed E-state index contributed by atoms with van der Waals surface area (Å²) < 4.78 is 27.4. The largest absolute Gasteiger partial charge is 0.299 e. The molecule has 0 saturated carbocycles. The van der Waals surface area contributed by atoms with Crippen molar-refractivity contribution >= 4 is 21.7 Å². The van der Waals surface area contributed by atoms with Crippen LogP contribution in [-0.4, -0.2) is 10.8 Å². The molecule has 0 spiro atoms. The van der Waals surface area contributed by atoms with Crippen molar-refractivity contribution in [2.45, 2.75) is 12.8 Å². The van der Waals surface area contributed by atoms with E-state index in [0.717, 1.165) is 6.07 Å². The number of pyridine rings is 1. The molecular formula is C14H10BrF2NO. The van der Waals surface area contributed by atoms with E-state index in [1.54, 1.807) is 24.4 Å². The summed E-state index contributed by atoms with van der Waals surface area (Å²) in [5, 5.41) is 0. The fourth-order valence-electron chi connectivity index (χ4n) is 1.70. The minimum Gasteiger partial charge on any atom is -0.299 e. The zero-order chi connectivity index (χ0) is 13.8. The first-order valence-electron chi connectivity index (χ1n) is 5.62. The molecule has 2 nitrogen and oxygen atoms in total. The maximum absolute atomic E-state index is 13.7. The molecule has 0 atom stereocenters. The highest BCUT2D eigenvalue weighted by molar-refractivity contribution is 9.10. The van der Waals surface area contributed by atoms with E-state index in [1.165, 1.54) is 6.07 Å². The monoisotopic (exact) mass is 325 g/mol. The molecule has 19 heavy (non-hydrogen) atoms. The number of ketones is 1. The van der Waals surface area contributed by atoms with E-state index in [-0.39, 0.29) is 28.7 Å². The number of nitrogens with zero attached hydrogens (tertiary/aromatic N) is 1. The summed E-state index contributed by atoms with van der Waals surface area (Å²) in [4.78, 5) is 15.8. The number of aromatic nitrogens is 1. The van der Waals surface area contributed by atoms with Crippen LogP contribution < -0.4 is 0 Å². The van der Waals surface area contributed by atoms with E-state index >= 15 is 0 Å². The molecule has 2 rings (SSSR count). The maximum Gasteiger partial charge on any atom is 0.143 e. The Kier molecular flexibility index (Phi) is 4.37. The van der Waals surface area contributed by atoms with Crippen molar-refractivity contribution in [3.63, 3.8) is 0 Å². The number of hydrogen-bond acceptors (Lipinski definition) is 2. The van der Waals surface area contributed by atoms with Crippen LogP contribution in [0.2, 0.25) is 0 Å². The number of carbonyl (C=O) groups is 1. The summed E-state index contributed by atoms with van der Waals surface area (Å²) in [5.74, 6) is -1.72. The molecule has 0 radical (unpaired) electrons. The van der Waals surface area contributed by atoms with E-state index in [0.29, 0.717) is 5.69 Å². The molecule has 0 saturated heterocycles. The van der Waals surface area contributed by atoms with Gasteiger partial charge in [-0.25, -0.2) is 8.78 Å².